The molecule has 2 atom stereocenters. The first-order valence-corrected chi connectivity index (χ1v) is 9.16. The van der Waals surface area contributed by atoms with Gasteiger partial charge in [0.2, 0.25) is 0 Å². The van der Waals surface area contributed by atoms with E-state index in [1.807, 2.05) is 0 Å². The van der Waals surface area contributed by atoms with Crippen LogP contribution >= 0.6 is 12.4 Å². The number of hydrogen-bond acceptors (Lipinski definition) is 2. The first-order valence-electron chi connectivity index (χ1n) is 9.16. The molecule has 0 spiro atoms. The number of nitrogens with one attached hydrogen (secondary N) is 2. The minimum atomic E-state index is -0.896. The summed E-state index contributed by atoms with van der Waals surface area (Å²) >= 11 is 0. The van der Waals surface area contributed by atoms with Gasteiger partial charge in [0.1, 0.15) is 0 Å². The number of carbonyl (C=O) groups is 1. The lowest BCUT2D eigenvalue weighted by atomic mass is 9.91. The summed E-state index contributed by atoms with van der Waals surface area (Å²) in [5.74, 6) is 0.671. The van der Waals surface area contributed by atoms with Crippen molar-refractivity contribution >= 4 is 24.6 Å². The molecule has 0 bridgehead atoms. The van der Waals surface area contributed by atoms with Crippen LogP contribution in [-0.4, -0.2) is 29.3 Å². The van der Waals surface area contributed by atoms with Gasteiger partial charge in [0.25, 0.3) is 0 Å². The smallest absolute Gasteiger partial charge is 0.404 e. The SMILES string of the molecule is CCC(=Cc1ccccc1)[C@@H]1C[C@H]1N[C@H]1CC[C@H](NC(=O)O)CC1.Cl. The predicted molar refractivity (Wildman–Crippen MR) is 104 cm³/mol. The Kier molecular flexibility index (Phi) is 7.33. The van der Waals surface area contributed by atoms with Crippen molar-refractivity contribution in [1.29, 1.82) is 0 Å². The van der Waals surface area contributed by atoms with Gasteiger partial charge >= 0.3 is 6.09 Å². The standard InChI is InChI=1S/C20H28N2O2.ClH/c1-2-15(12-14-6-4-3-5-7-14)18-13-19(18)21-16-8-10-17(11-9-16)22-20(23)24;/h3-7,12,16-19,21-22H,2,8-11,13H2,1H3,(H,23,24);1H/t16-,17-,18-,19+;/m0./s1. The normalized spacial score (nSPS) is 28.8. The van der Waals surface area contributed by atoms with E-state index in [4.69, 9.17) is 5.11 Å². The topological polar surface area (TPSA) is 61.4 Å². The Morgan fingerprint density at radius 2 is 1.80 bits per heavy atom. The van der Waals surface area contributed by atoms with Gasteiger partial charge in [0, 0.05) is 18.1 Å². The lowest BCUT2D eigenvalue weighted by Gasteiger charge is -2.29. The van der Waals surface area contributed by atoms with Gasteiger partial charge in [-0.05, 0) is 50.0 Å². The van der Waals surface area contributed by atoms with Crippen molar-refractivity contribution in [3.05, 3.63) is 41.5 Å². The molecule has 2 saturated carbocycles. The molecule has 5 heteroatoms. The Balaban J connectivity index is 0.00000225. The number of amides is 1. The van der Waals surface area contributed by atoms with Crippen molar-refractivity contribution in [1.82, 2.24) is 10.6 Å². The van der Waals surface area contributed by atoms with Gasteiger partial charge < -0.3 is 15.7 Å². The van der Waals surface area contributed by atoms with E-state index in [1.54, 1.807) is 5.57 Å². The van der Waals surface area contributed by atoms with Crippen LogP contribution in [-0.2, 0) is 0 Å². The zero-order chi connectivity index (χ0) is 16.9. The number of halogens is 1. The maximum atomic E-state index is 10.7. The van der Waals surface area contributed by atoms with Crippen LogP contribution in [0.5, 0.6) is 0 Å². The molecule has 4 nitrogen and oxygen atoms in total. The molecule has 2 fully saturated rings. The highest BCUT2D eigenvalue weighted by atomic mass is 35.5. The molecule has 0 saturated heterocycles. The van der Waals surface area contributed by atoms with Gasteiger partial charge in [-0.1, -0.05) is 48.9 Å². The summed E-state index contributed by atoms with van der Waals surface area (Å²) < 4.78 is 0. The Labute approximate surface area is 156 Å². The fourth-order valence-electron chi connectivity index (χ4n) is 3.91. The molecule has 138 valence electrons. The van der Waals surface area contributed by atoms with Crippen LogP contribution in [0.25, 0.3) is 6.08 Å². The summed E-state index contributed by atoms with van der Waals surface area (Å²) in [5, 5.41) is 15.2. The predicted octanol–water partition coefficient (Wildman–Crippen LogP) is 4.46. The highest BCUT2D eigenvalue weighted by Crippen LogP contribution is 2.40. The average molecular weight is 365 g/mol. The third-order valence-electron chi connectivity index (χ3n) is 5.33. The van der Waals surface area contributed by atoms with Crippen molar-refractivity contribution in [2.24, 2.45) is 5.92 Å². The molecule has 3 rings (SSSR count). The molecule has 1 aromatic rings. The summed E-state index contributed by atoms with van der Waals surface area (Å²) in [4.78, 5) is 10.7. The van der Waals surface area contributed by atoms with Crippen LogP contribution in [0.4, 0.5) is 4.79 Å². The van der Waals surface area contributed by atoms with E-state index < -0.39 is 6.09 Å². The van der Waals surface area contributed by atoms with Crippen LogP contribution in [0.3, 0.4) is 0 Å². The quantitative estimate of drug-likeness (QED) is 0.698. The van der Waals surface area contributed by atoms with Gasteiger partial charge in [-0.25, -0.2) is 4.79 Å². The third-order valence-corrected chi connectivity index (χ3v) is 5.33. The Morgan fingerprint density at radius 1 is 1.16 bits per heavy atom. The van der Waals surface area contributed by atoms with Gasteiger partial charge in [0.15, 0.2) is 0 Å². The minimum Gasteiger partial charge on any atom is -0.465 e. The third kappa shape index (κ3) is 5.75. The van der Waals surface area contributed by atoms with E-state index in [1.165, 1.54) is 12.0 Å². The van der Waals surface area contributed by atoms with E-state index in [0.29, 0.717) is 18.0 Å². The molecule has 0 heterocycles. The van der Waals surface area contributed by atoms with E-state index in [-0.39, 0.29) is 18.4 Å². The summed E-state index contributed by atoms with van der Waals surface area (Å²) in [7, 11) is 0. The van der Waals surface area contributed by atoms with E-state index in [0.717, 1.165) is 32.1 Å². The minimum absolute atomic E-state index is 0. The van der Waals surface area contributed by atoms with Crippen LogP contribution < -0.4 is 10.6 Å². The molecule has 2 aliphatic carbocycles. The number of carboxylic acid groups (broad SMARTS) is 1. The molecule has 1 aromatic carbocycles. The maximum Gasteiger partial charge on any atom is 0.404 e. The first kappa shape index (κ1) is 19.8. The van der Waals surface area contributed by atoms with Crippen molar-refractivity contribution in [3.8, 4) is 0 Å². The van der Waals surface area contributed by atoms with Crippen LogP contribution in [0, 0.1) is 5.92 Å². The van der Waals surface area contributed by atoms with Crippen molar-refractivity contribution in [2.75, 3.05) is 0 Å². The first-order chi connectivity index (χ1) is 11.7. The summed E-state index contributed by atoms with van der Waals surface area (Å²) in [6.07, 6.45) is 7.82. The summed E-state index contributed by atoms with van der Waals surface area (Å²) in [6, 6.07) is 11.8. The second-order valence-corrected chi connectivity index (χ2v) is 7.10. The molecule has 25 heavy (non-hydrogen) atoms. The van der Waals surface area contributed by atoms with Gasteiger partial charge in [-0.2, -0.15) is 0 Å². The monoisotopic (exact) mass is 364 g/mol. The number of benzene rings is 1. The molecule has 1 amide bonds. The summed E-state index contributed by atoms with van der Waals surface area (Å²) in [6.45, 7) is 2.24. The van der Waals surface area contributed by atoms with Crippen LogP contribution in [0.15, 0.2) is 35.9 Å². The van der Waals surface area contributed by atoms with E-state index >= 15 is 0 Å². The lowest BCUT2D eigenvalue weighted by molar-refractivity contribution is 0.183. The molecule has 0 aromatic heterocycles. The van der Waals surface area contributed by atoms with Crippen molar-refractivity contribution < 1.29 is 9.90 Å². The Bertz CT molecular complexity index is 583. The second-order valence-electron chi connectivity index (χ2n) is 7.10. The highest BCUT2D eigenvalue weighted by molar-refractivity contribution is 5.85. The molecular formula is C20H29ClN2O2. The largest absolute Gasteiger partial charge is 0.465 e. The molecular weight excluding hydrogens is 336 g/mol. The van der Waals surface area contributed by atoms with Crippen LogP contribution in [0.1, 0.15) is 51.0 Å². The molecule has 0 unspecified atom stereocenters. The number of rotatable bonds is 6. The summed E-state index contributed by atoms with van der Waals surface area (Å²) in [5.41, 5.74) is 2.83. The van der Waals surface area contributed by atoms with Crippen molar-refractivity contribution in [3.63, 3.8) is 0 Å². The molecule has 0 radical (unpaired) electrons. The Hall–Kier alpha value is -1.52. The van der Waals surface area contributed by atoms with Gasteiger partial charge in [0.05, 0.1) is 0 Å². The molecule has 3 N–H and O–H groups in total. The average Bonchev–Trinajstić information content (AvgIpc) is 3.34. The lowest BCUT2D eigenvalue weighted by Crippen LogP contribution is -2.42. The van der Waals surface area contributed by atoms with Crippen molar-refractivity contribution in [2.45, 2.75) is 63.6 Å². The fourth-order valence-corrected chi connectivity index (χ4v) is 3.91. The molecule has 2 aliphatic rings. The van der Waals surface area contributed by atoms with Gasteiger partial charge in [-0.3, -0.25) is 0 Å². The van der Waals surface area contributed by atoms with E-state index in [9.17, 15) is 4.79 Å². The zero-order valence-electron chi connectivity index (χ0n) is 14.8. The zero-order valence-corrected chi connectivity index (χ0v) is 15.6. The molecule has 0 aliphatic heterocycles. The second kappa shape index (κ2) is 9.25. The maximum absolute atomic E-state index is 10.7. The Morgan fingerprint density at radius 3 is 2.40 bits per heavy atom. The van der Waals surface area contributed by atoms with Gasteiger partial charge in [-0.15, -0.1) is 12.4 Å². The fraction of sp³-hybridized carbons (Fsp3) is 0.550. The number of hydrogen-bond donors (Lipinski definition) is 3. The van der Waals surface area contributed by atoms with Crippen LogP contribution in [0.2, 0.25) is 0 Å². The highest BCUT2D eigenvalue weighted by Gasteiger charge is 2.40. The van der Waals surface area contributed by atoms with E-state index in [2.05, 4.69) is 54.0 Å².